The molecule has 44 heavy (non-hydrogen) atoms. The smallest absolute Gasteiger partial charge is 0.337 e. The van der Waals surface area contributed by atoms with Crippen LogP contribution in [0.25, 0.3) is 0 Å². The zero-order valence-electron chi connectivity index (χ0n) is 24.2. The van der Waals surface area contributed by atoms with Gasteiger partial charge in [-0.15, -0.1) is 0 Å². The number of aliphatic hydroxyl groups is 1. The Balaban J connectivity index is 1.42. The fraction of sp³-hybridized carbons (Fsp3) is 0.258. The molecule has 0 bridgehead atoms. The number of halogens is 2. The number of urea groups is 1. The van der Waals surface area contributed by atoms with Gasteiger partial charge in [-0.05, 0) is 65.2 Å². The number of rotatable bonds is 13. The number of hydrogen-bond donors (Lipinski definition) is 4. The molecule has 0 aromatic heterocycles. The van der Waals surface area contributed by atoms with Crippen LogP contribution in [-0.2, 0) is 16.1 Å². The van der Waals surface area contributed by atoms with Gasteiger partial charge in [-0.1, -0.05) is 52.3 Å². The summed E-state index contributed by atoms with van der Waals surface area (Å²) in [6.45, 7) is 3.99. The molecular weight excluding hydrogens is 700 g/mol. The first-order valence-corrected chi connectivity index (χ1v) is 15.2. The lowest BCUT2D eigenvalue weighted by Gasteiger charge is -2.28. The van der Waals surface area contributed by atoms with Crippen LogP contribution >= 0.6 is 31.9 Å². The first-order chi connectivity index (χ1) is 21.2. The minimum Gasteiger partial charge on any atom is -0.490 e. The lowest BCUT2D eigenvalue weighted by Crippen LogP contribution is -2.45. The van der Waals surface area contributed by atoms with Crippen LogP contribution in [0, 0.1) is 0 Å². The van der Waals surface area contributed by atoms with Crippen molar-refractivity contribution in [3.8, 4) is 17.2 Å². The number of allylic oxidation sites excluding steroid dienone is 1. The number of carbonyl (C=O) groups excluding carboxylic acids is 2. The molecule has 3 aromatic carbocycles. The monoisotopic (exact) mass is 730 g/mol. The second-order valence-corrected chi connectivity index (χ2v) is 11.3. The molecule has 0 aliphatic carbocycles. The van der Waals surface area contributed by atoms with E-state index in [2.05, 4.69) is 53.0 Å². The van der Waals surface area contributed by atoms with Gasteiger partial charge in [-0.3, -0.25) is 5.43 Å². The molecule has 11 nitrogen and oxygen atoms in total. The van der Waals surface area contributed by atoms with Crippen molar-refractivity contribution in [3.63, 3.8) is 0 Å². The Bertz CT molecular complexity index is 1550. The molecule has 0 spiro atoms. The third kappa shape index (κ3) is 8.52. The third-order valence-corrected chi connectivity index (χ3v) is 7.41. The van der Waals surface area contributed by atoms with Crippen molar-refractivity contribution < 1.29 is 33.6 Å². The lowest BCUT2D eigenvalue weighted by atomic mass is 9.95. The minimum absolute atomic E-state index is 0.160. The second kappa shape index (κ2) is 15.6. The highest BCUT2D eigenvalue weighted by Gasteiger charge is 2.32. The van der Waals surface area contributed by atoms with E-state index in [1.54, 1.807) is 31.3 Å². The summed E-state index contributed by atoms with van der Waals surface area (Å²) in [6.07, 6.45) is 0.381. The van der Waals surface area contributed by atoms with Crippen LogP contribution < -0.4 is 30.3 Å². The Labute approximate surface area is 271 Å². The molecule has 0 saturated carbocycles. The van der Waals surface area contributed by atoms with Crippen molar-refractivity contribution in [2.24, 2.45) is 5.10 Å². The summed E-state index contributed by atoms with van der Waals surface area (Å²) < 4.78 is 24.1. The van der Waals surface area contributed by atoms with Gasteiger partial charge in [-0.25, -0.2) is 9.59 Å². The molecule has 13 heteroatoms. The Morgan fingerprint density at radius 3 is 2.59 bits per heavy atom. The number of ether oxygens (including phenoxy) is 4. The van der Waals surface area contributed by atoms with Crippen molar-refractivity contribution in [2.75, 3.05) is 20.3 Å². The molecule has 0 unspecified atom stereocenters. The third-order valence-electron chi connectivity index (χ3n) is 6.36. The lowest BCUT2D eigenvalue weighted by molar-refractivity contribution is -0.136. The molecule has 0 radical (unpaired) electrons. The van der Waals surface area contributed by atoms with Gasteiger partial charge < -0.3 is 34.7 Å². The number of hydrazone groups is 1. The molecule has 4 rings (SSSR count). The fourth-order valence-corrected chi connectivity index (χ4v) is 5.75. The highest BCUT2D eigenvalue weighted by atomic mass is 79.9. The Kier molecular flexibility index (Phi) is 11.6. The number of hydrogen-bond acceptors (Lipinski definition) is 9. The number of esters is 1. The van der Waals surface area contributed by atoms with Crippen molar-refractivity contribution in [3.05, 3.63) is 97.6 Å². The zero-order valence-corrected chi connectivity index (χ0v) is 27.4. The van der Waals surface area contributed by atoms with E-state index < -0.39 is 24.3 Å². The molecule has 2 atom stereocenters. The van der Waals surface area contributed by atoms with Gasteiger partial charge in [0, 0.05) is 15.7 Å². The van der Waals surface area contributed by atoms with Crippen LogP contribution in [0.5, 0.6) is 17.2 Å². The average Bonchev–Trinajstić information content (AvgIpc) is 3.00. The number of amides is 2. The van der Waals surface area contributed by atoms with Gasteiger partial charge in [0.05, 0.1) is 36.0 Å². The second-order valence-electron chi connectivity index (χ2n) is 9.50. The first kappa shape index (κ1) is 32.8. The summed E-state index contributed by atoms with van der Waals surface area (Å²) in [7, 11) is 1.28. The van der Waals surface area contributed by atoms with Gasteiger partial charge in [0.2, 0.25) is 0 Å². The topological polar surface area (TPSA) is 140 Å². The fourth-order valence-electron chi connectivity index (χ4n) is 4.37. The predicted octanol–water partition coefficient (Wildman–Crippen LogP) is 5.31. The van der Waals surface area contributed by atoms with E-state index in [0.717, 1.165) is 14.5 Å². The summed E-state index contributed by atoms with van der Waals surface area (Å²) in [5, 5.41) is 20.0. The Morgan fingerprint density at radius 2 is 1.86 bits per heavy atom. The molecule has 0 saturated heterocycles. The minimum atomic E-state index is -1.16. The largest absolute Gasteiger partial charge is 0.490 e. The number of methoxy groups -OCH3 is 1. The van der Waals surface area contributed by atoms with Crippen LogP contribution in [0.15, 0.2) is 86.0 Å². The normalized spacial score (nSPS) is 15.3. The van der Waals surface area contributed by atoms with Crippen LogP contribution in [0.2, 0.25) is 0 Å². The molecule has 1 aliphatic heterocycles. The summed E-state index contributed by atoms with van der Waals surface area (Å²) in [5.41, 5.74) is 5.60. The molecule has 1 heterocycles. The SMILES string of the molecule is CCOc1cc([C@H]2NC(=O)NC(C)=C2C(=O)OC)ccc1OC[C@H](O)N/N=C/c1cc(Br)cc(Br)c1OCc1ccccc1. The number of carbonyl (C=O) groups is 2. The number of nitrogens with one attached hydrogen (secondary N) is 3. The van der Waals surface area contributed by atoms with E-state index >= 15 is 0 Å². The van der Waals surface area contributed by atoms with E-state index in [1.807, 2.05) is 49.4 Å². The van der Waals surface area contributed by atoms with Crippen LogP contribution in [0.1, 0.15) is 36.6 Å². The summed E-state index contributed by atoms with van der Waals surface area (Å²) >= 11 is 7.03. The quantitative estimate of drug-likeness (QED) is 0.0803. The summed E-state index contributed by atoms with van der Waals surface area (Å²) in [5.74, 6) is 0.751. The van der Waals surface area contributed by atoms with E-state index in [9.17, 15) is 14.7 Å². The molecular formula is C31H32Br2N4O7. The van der Waals surface area contributed by atoms with E-state index in [0.29, 0.717) is 47.3 Å². The van der Waals surface area contributed by atoms with Crippen molar-refractivity contribution in [2.45, 2.75) is 32.7 Å². The van der Waals surface area contributed by atoms with Gasteiger partial charge in [-0.2, -0.15) is 5.10 Å². The molecule has 2 amide bonds. The van der Waals surface area contributed by atoms with Gasteiger partial charge in [0.1, 0.15) is 19.0 Å². The molecule has 4 N–H and O–H groups in total. The number of aliphatic hydroxyl groups excluding tert-OH is 1. The van der Waals surface area contributed by atoms with Gasteiger partial charge >= 0.3 is 12.0 Å². The highest BCUT2D eigenvalue weighted by molar-refractivity contribution is 9.11. The molecule has 232 valence electrons. The highest BCUT2D eigenvalue weighted by Crippen LogP contribution is 2.35. The molecule has 1 aliphatic rings. The molecule has 3 aromatic rings. The predicted molar refractivity (Wildman–Crippen MR) is 172 cm³/mol. The number of nitrogens with zero attached hydrogens (tertiary/aromatic N) is 1. The van der Waals surface area contributed by atoms with Crippen LogP contribution in [0.3, 0.4) is 0 Å². The van der Waals surface area contributed by atoms with E-state index in [4.69, 9.17) is 18.9 Å². The van der Waals surface area contributed by atoms with E-state index in [1.165, 1.54) is 7.11 Å². The number of benzene rings is 3. The maximum atomic E-state index is 12.5. The Morgan fingerprint density at radius 1 is 1.09 bits per heavy atom. The van der Waals surface area contributed by atoms with Crippen molar-refractivity contribution >= 4 is 50.1 Å². The Hall–Kier alpha value is -4.07. The zero-order chi connectivity index (χ0) is 31.6. The summed E-state index contributed by atoms with van der Waals surface area (Å²) in [4.78, 5) is 24.6. The molecule has 0 fully saturated rings. The van der Waals surface area contributed by atoms with Gasteiger partial charge in [0.25, 0.3) is 0 Å². The van der Waals surface area contributed by atoms with Crippen LogP contribution in [-0.4, -0.2) is 49.9 Å². The van der Waals surface area contributed by atoms with Gasteiger partial charge in [0.15, 0.2) is 17.7 Å². The first-order valence-electron chi connectivity index (χ1n) is 13.6. The van der Waals surface area contributed by atoms with Crippen molar-refractivity contribution in [1.29, 1.82) is 0 Å². The van der Waals surface area contributed by atoms with Crippen molar-refractivity contribution in [1.82, 2.24) is 16.1 Å². The van der Waals surface area contributed by atoms with E-state index in [-0.39, 0.29) is 12.2 Å². The average molecular weight is 732 g/mol. The maximum Gasteiger partial charge on any atom is 0.337 e. The standard InChI is InChI=1S/C31H32Br2N4O7/c1-4-42-25-13-20(28-27(30(39)41-3)18(2)35-31(40)36-28)10-11-24(25)43-17-26(38)37-34-15-21-12-22(32)14-23(33)29(21)44-16-19-8-6-5-7-9-19/h5-15,26,28,37-38H,4,16-17H2,1-3H3,(H2,35,36,40)/b34-15+/t26-,28+/m0/s1. The maximum absolute atomic E-state index is 12.5. The summed E-state index contributed by atoms with van der Waals surface area (Å²) in [6, 6.07) is 17.3. The van der Waals surface area contributed by atoms with Crippen LogP contribution in [0.4, 0.5) is 4.79 Å².